The molecule has 2 aromatic rings. The minimum absolute atomic E-state index is 0.805. The van der Waals surface area contributed by atoms with Crippen LogP contribution < -0.4 is 4.90 Å². The van der Waals surface area contributed by atoms with Crippen LogP contribution in [-0.2, 0) is 0 Å². The second-order valence-corrected chi connectivity index (χ2v) is 5.56. The van der Waals surface area contributed by atoms with Gasteiger partial charge in [-0.3, -0.25) is 0 Å². The number of thiazole rings is 1. The molecule has 0 amide bonds. The standard InChI is InChI=1S/C14H16N2S/c1-11-7-8-16(9-11)14-15-13(10-17-14)12-5-3-2-4-6-12/h2-6,10-11H,7-9H2,1H3. The van der Waals surface area contributed by atoms with Crippen LogP contribution in [0.5, 0.6) is 0 Å². The Kier molecular flexibility index (Phi) is 2.85. The van der Waals surface area contributed by atoms with Crippen LogP contribution in [0.3, 0.4) is 0 Å². The molecule has 0 aliphatic carbocycles. The molecule has 1 aliphatic heterocycles. The number of anilines is 1. The third-order valence-corrected chi connectivity index (χ3v) is 4.16. The van der Waals surface area contributed by atoms with Gasteiger partial charge >= 0.3 is 0 Å². The van der Waals surface area contributed by atoms with Crippen LogP contribution in [0.4, 0.5) is 5.13 Å². The van der Waals surface area contributed by atoms with Crippen molar-refractivity contribution in [1.29, 1.82) is 0 Å². The van der Waals surface area contributed by atoms with Crippen molar-refractivity contribution in [3.8, 4) is 11.3 Å². The number of aromatic nitrogens is 1. The third kappa shape index (κ3) is 2.20. The maximum atomic E-state index is 4.74. The molecule has 3 rings (SSSR count). The maximum absolute atomic E-state index is 4.74. The van der Waals surface area contributed by atoms with Crippen molar-refractivity contribution in [1.82, 2.24) is 4.98 Å². The monoisotopic (exact) mass is 244 g/mol. The third-order valence-electron chi connectivity index (χ3n) is 3.26. The summed E-state index contributed by atoms with van der Waals surface area (Å²) in [5.41, 5.74) is 2.31. The van der Waals surface area contributed by atoms with Gasteiger partial charge in [0.15, 0.2) is 5.13 Å². The Morgan fingerprint density at radius 2 is 2.12 bits per heavy atom. The van der Waals surface area contributed by atoms with E-state index in [9.17, 15) is 0 Å². The van der Waals surface area contributed by atoms with Crippen LogP contribution in [0, 0.1) is 5.92 Å². The van der Waals surface area contributed by atoms with E-state index in [4.69, 9.17) is 4.98 Å². The van der Waals surface area contributed by atoms with Gasteiger partial charge < -0.3 is 4.90 Å². The van der Waals surface area contributed by atoms with E-state index in [1.165, 1.54) is 17.1 Å². The zero-order valence-electron chi connectivity index (χ0n) is 9.97. The highest BCUT2D eigenvalue weighted by atomic mass is 32.1. The number of benzene rings is 1. The lowest BCUT2D eigenvalue weighted by molar-refractivity contribution is 0.659. The molecule has 0 spiro atoms. The summed E-state index contributed by atoms with van der Waals surface area (Å²) < 4.78 is 0. The van der Waals surface area contributed by atoms with Crippen molar-refractivity contribution >= 4 is 16.5 Å². The Bertz CT molecular complexity index is 492. The fraction of sp³-hybridized carbons (Fsp3) is 0.357. The van der Waals surface area contributed by atoms with Gasteiger partial charge in [-0.25, -0.2) is 4.98 Å². The molecule has 0 radical (unpaired) electrons. The lowest BCUT2D eigenvalue weighted by Gasteiger charge is -2.13. The highest BCUT2D eigenvalue weighted by molar-refractivity contribution is 7.14. The summed E-state index contributed by atoms with van der Waals surface area (Å²) in [5, 5.41) is 3.33. The van der Waals surface area contributed by atoms with E-state index in [2.05, 4.69) is 41.5 Å². The molecular weight excluding hydrogens is 228 g/mol. The normalized spacial score (nSPS) is 19.8. The van der Waals surface area contributed by atoms with Crippen LogP contribution in [0.15, 0.2) is 35.7 Å². The van der Waals surface area contributed by atoms with E-state index < -0.39 is 0 Å². The predicted octanol–water partition coefficient (Wildman–Crippen LogP) is 3.66. The average molecular weight is 244 g/mol. The van der Waals surface area contributed by atoms with Gasteiger partial charge in [0.1, 0.15) is 0 Å². The lowest BCUT2D eigenvalue weighted by Crippen LogP contribution is -2.18. The summed E-state index contributed by atoms with van der Waals surface area (Å²) >= 11 is 1.76. The van der Waals surface area contributed by atoms with Crippen molar-refractivity contribution < 1.29 is 0 Å². The summed E-state index contributed by atoms with van der Waals surface area (Å²) in [6.45, 7) is 4.62. The molecule has 1 aromatic heterocycles. The second kappa shape index (κ2) is 4.49. The minimum Gasteiger partial charge on any atom is -0.348 e. The van der Waals surface area contributed by atoms with Gasteiger partial charge in [-0.15, -0.1) is 11.3 Å². The first-order chi connectivity index (χ1) is 8.33. The lowest BCUT2D eigenvalue weighted by atomic mass is 10.2. The molecule has 1 aliphatic rings. The molecular formula is C14H16N2S. The van der Waals surface area contributed by atoms with Gasteiger partial charge in [0, 0.05) is 24.0 Å². The summed E-state index contributed by atoms with van der Waals surface area (Å²) in [6, 6.07) is 10.4. The highest BCUT2D eigenvalue weighted by Gasteiger charge is 2.21. The summed E-state index contributed by atoms with van der Waals surface area (Å²) in [4.78, 5) is 7.15. The molecule has 0 bridgehead atoms. The molecule has 17 heavy (non-hydrogen) atoms. The van der Waals surface area contributed by atoms with E-state index in [1.807, 2.05) is 6.07 Å². The average Bonchev–Trinajstić information content (AvgIpc) is 2.98. The Morgan fingerprint density at radius 3 is 2.82 bits per heavy atom. The first kappa shape index (κ1) is 10.8. The van der Waals surface area contributed by atoms with Crippen LogP contribution in [0.2, 0.25) is 0 Å². The first-order valence-corrected chi connectivity index (χ1v) is 6.97. The molecule has 1 atom stereocenters. The van der Waals surface area contributed by atoms with Crippen LogP contribution in [0.1, 0.15) is 13.3 Å². The number of hydrogen-bond acceptors (Lipinski definition) is 3. The van der Waals surface area contributed by atoms with Crippen molar-refractivity contribution in [2.45, 2.75) is 13.3 Å². The van der Waals surface area contributed by atoms with Gasteiger partial charge in [-0.1, -0.05) is 37.3 Å². The van der Waals surface area contributed by atoms with E-state index in [0.29, 0.717) is 0 Å². The topological polar surface area (TPSA) is 16.1 Å². The molecule has 1 unspecified atom stereocenters. The summed E-state index contributed by atoms with van der Waals surface area (Å²) in [5.74, 6) is 0.805. The molecule has 1 saturated heterocycles. The van der Waals surface area contributed by atoms with Crippen molar-refractivity contribution in [3.05, 3.63) is 35.7 Å². The molecule has 2 heterocycles. The largest absolute Gasteiger partial charge is 0.348 e. The Labute approximate surface area is 106 Å². The SMILES string of the molecule is CC1CCN(c2nc(-c3ccccc3)cs2)C1. The fourth-order valence-electron chi connectivity index (χ4n) is 2.26. The molecule has 3 heteroatoms. The highest BCUT2D eigenvalue weighted by Crippen LogP contribution is 2.30. The van der Waals surface area contributed by atoms with Gasteiger partial charge in [0.2, 0.25) is 0 Å². The van der Waals surface area contributed by atoms with Gasteiger partial charge in [-0.05, 0) is 12.3 Å². The maximum Gasteiger partial charge on any atom is 0.185 e. The van der Waals surface area contributed by atoms with Crippen LogP contribution >= 0.6 is 11.3 Å². The van der Waals surface area contributed by atoms with E-state index in [1.54, 1.807) is 11.3 Å². The molecule has 1 aromatic carbocycles. The predicted molar refractivity (Wildman–Crippen MR) is 73.5 cm³/mol. The molecule has 1 fully saturated rings. The number of rotatable bonds is 2. The number of nitrogens with zero attached hydrogens (tertiary/aromatic N) is 2. The molecule has 0 saturated carbocycles. The van der Waals surface area contributed by atoms with E-state index in [-0.39, 0.29) is 0 Å². The molecule has 88 valence electrons. The van der Waals surface area contributed by atoms with Gasteiger partial charge in [-0.2, -0.15) is 0 Å². The summed E-state index contributed by atoms with van der Waals surface area (Å²) in [7, 11) is 0. The van der Waals surface area contributed by atoms with Crippen molar-refractivity contribution in [3.63, 3.8) is 0 Å². The quantitative estimate of drug-likeness (QED) is 0.801. The number of hydrogen-bond donors (Lipinski definition) is 0. The fourth-order valence-corrected chi connectivity index (χ4v) is 3.13. The van der Waals surface area contributed by atoms with Gasteiger partial charge in [0.05, 0.1) is 5.69 Å². The zero-order valence-corrected chi connectivity index (χ0v) is 10.8. The van der Waals surface area contributed by atoms with Crippen molar-refractivity contribution in [2.24, 2.45) is 5.92 Å². The van der Waals surface area contributed by atoms with Crippen LogP contribution in [-0.4, -0.2) is 18.1 Å². The minimum atomic E-state index is 0.805. The smallest absolute Gasteiger partial charge is 0.185 e. The second-order valence-electron chi connectivity index (χ2n) is 4.72. The van der Waals surface area contributed by atoms with E-state index in [0.717, 1.165) is 24.7 Å². The van der Waals surface area contributed by atoms with Gasteiger partial charge in [0.25, 0.3) is 0 Å². The first-order valence-electron chi connectivity index (χ1n) is 6.09. The van der Waals surface area contributed by atoms with Crippen LogP contribution in [0.25, 0.3) is 11.3 Å². The Balaban J connectivity index is 1.84. The van der Waals surface area contributed by atoms with E-state index >= 15 is 0 Å². The zero-order chi connectivity index (χ0) is 11.7. The molecule has 0 N–H and O–H groups in total. The Morgan fingerprint density at radius 1 is 1.29 bits per heavy atom. The molecule has 2 nitrogen and oxygen atoms in total. The van der Waals surface area contributed by atoms with Crippen molar-refractivity contribution in [2.75, 3.05) is 18.0 Å². The summed E-state index contributed by atoms with van der Waals surface area (Å²) in [6.07, 6.45) is 1.29. The Hall–Kier alpha value is -1.35.